The Balaban J connectivity index is 1.83. The van der Waals surface area contributed by atoms with Crippen LogP contribution in [0.25, 0.3) is 5.57 Å². The SMILES string of the molecule is Cc1ccccc1NC1=C(c2ccc(OC(C)C)cc2)C2C(=O)N(C)C(=O)[N+](C)=C2O1. The molecular weight excluding hydrogens is 394 g/mol. The predicted molar refractivity (Wildman–Crippen MR) is 118 cm³/mol. The zero-order valence-electron chi connectivity index (χ0n) is 18.3. The van der Waals surface area contributed by atoms with E-state index in [2.05, 4.69) is 5.32 Å². The van der Waals surface area contributed by atoms with Crippen LogP contribution in [0.4, 0.5) is 10.5 Å². The van der Waals surface area contributed by atoms with Crippen molar-refractivity contribution in [3.05, 3.63) is 65.5 Å². The van der Waals surface area contributed by atoms with Gasteiger partial charge in [0, 0.05) is 11.3 Å². The number of para-hydroxylation sites is 1. The summed E-state index contributed by atoms with van der Waals surface area (Å²) in [4.78, 5) is 26.7. The number of amides is 3. The third kappa shape index (κ3) is 3.67. The van der Waals surface area contributed by atoms with Gasteiger partial charge in [0.05, 0.1) is 20.2 Å². The first-order chi connectivity index (χ1) is 14.8. The maximum atomic E-state index is 13.1. The van der Waals surface area contributed by atoms with Crippen LogP contribution in [0.15, 0.2) is 54.4 Å². The molecule has 0 bridgehead atoms. The predicted octanol–water partition coefficient (Wildman–Crippen LogP) is 3.84. The second-order valence-electron chi connectivity index (χ2n) is 7.99. The van der Waals surface area contributed by atoms with Crippen LogP contribution in [-0.2, 0) is 9.53 Å². The van der Waals surface area contributed by atoms with Gasteiger partial charge in [0.15, 0.2) is 5.92 Å². The Morgan fingerprint density at radius 3 is 2.42 bits per heavy atom. The standard InChI is InChI=1S/C24H26N3O4/c1-14(2)30-17-12-10-16(11-13-17)19-20-22(28)26(4)24(29)27(5)23(20)31-21(19)25-18-9-7-6-8-15(18)3/h6-14,20,25H,1-5H3/q+1. The average Bonchev–Trinajstić information content (AvgIpc) is 3.12. The summed E-state index contributed by atoms with van der Waals surface area (Å²) in [5, 5.41) is 3.33. The molecule has 0 aliphatic carbocycles. The number of imide groups is 1. The summed E-state index contributed by atoms with van der Waals surface area (Å²) >= 11 is 0. The lowest BCUT2D eigenvalue weighted by Crippen LogP contribution is -2.51. The number of nitrogens with zero attached hydrogens (tertiary/aromatic N) is 2. The second kappa shape index (κ2) is 7.91. The van der Waals surface area contributed by atoms with Gasteiger partial charge >= 0.3 is 11.9 Å². The monoisotopic (exact) mass is 420 g/mol. The Morgan fingerprint density at radius 1 is 1.10 bits per heavy atom. The van der Waals surface area contributed by atoms with Gasteiger partial charge in [0.1, 0.15) is 5.75 Å². The Labute approximate surface area is 181 Å². The molecule has 3 amide bonds. The van der Waals surface area contributed by atoms with E-state index in [4.69, 9.17) is 9.47 Å². The van der Waals surface area contributed by atoms with Crippen LogP contribution in [0, 0.1) is 12.8 Å². The second-order valence-corrected chi connectivity index (χ2v) is 7.99. The minimum Gasteiger partial charge on any atom is -0.491 e. The maximum absolute atomic E-state index is 13.1. The number of hydrogen-bond acceptors (Lipinski definition) is 5. The molecule has 0 spiro atoms. The molecule has 7 heteroatoms. The van der Waals surface area contributed by atoms with Gasteiger partial charge in [0.2, 0.25) is 5.88 Å². The summed E-state index contributed by atoms with van der Waals surface area (Å²) in [7, 11) is 3.10. The van der Waals surface area contributed by atoms with E-state index >= 15 is 0 Å². The van der Waals surface area contributed by atoms with Crippen molar-refractivity contribution >= 4 is 29.1 Å². The Morgan fingerprint density at radius 2 is 1.77 bits per heavy atom. The van der Waals surface area contributed by atoms with E-state index in [1.807, 2.05) is 69.3 Å². The number of hydrogen-bond donors (Lipinski definition) is 1. The number of nitrogens with one attached hydrogen (secondary N) is 1. The summed E-state index contributed by atoms with van der Waals surface area (Å²) in [6.07, 6.45) is 0.0614. The molecule has 0 aromatic heterocycles. The third-order valence-electron chi connectivity index (χ3n) is 5.40. The molecule has 160 valence electrons. The summed E-state index contributed by atoms with van der Waals surface area (Å²) in [6, 6.07) is 15.0. The van der Waals surface area contributed by atoms with Crippen LogP contribution in [0.2, 0.25) is 0 Å². The largest absolute Gasteiger partial charge is 0.502 e. The fraction of sp³-hybridized carbons (Fsp3) is 0.292. The first kappa shape index (κ1) is 20.7. The summed E-state index contributed by atoms with van der Waals surface area (Å²) in [5.41, 5.74) is 3.40. The lowest BCUT2D eigenvalue weighted by atomic mass is 9.91. The van der Waals surface area contributed by atoms with E-state index in [0.717, 1.165) is 27.5 Å². The summed E-state index contributed by atoms with van der Waals surface area (Å²) < 4.78 is 13.2. The van der Waals surface area contributed by atoms with Gasteiger partial charge in [0.25, 0.3) is 5.90 Å². The molecule has 1 N–H and O–H groups in total. The van der Waals surface area contributed by atoms with Gasteiger partial charge in [-0.2, -0.15) is 14.3 Å². The molecule has 0 saturated carbocycles. The Kier molecular flexibility index (Phi) is 5.27. The van der Waals surface area contributed by atoms with Crippen LogP contribution in [0.3, 0.4) is 0 Å². The van der Waals surface area contributed by atoms with Crippen molar-refractivity contribution in [3.8, 4) is 5.75 Å². The Hall–Kier alpha value is -3.61. The number of fused-ring (bicyclic) bond motifs is 1. The van der Waals surface area contributed by atoms with Crippen molar-refractivity contribution in [3.63, 3.8) is 0 Å². The number of benzene rings is 2. The third-order valence-corrected chi connectivity index (χ3v) is 5.40. The first-order valence-electron chi connectivity index (χ1n) is 10.2. The maximum Gasteiger partial charge on any atom is 0.502 e. The quantitative estimate of drug-likeness (QED) is 0.744. The van der Waals surface area contributed by atoms with Gasteiger partial charge in [-0.05, 0) is 50.1 Å². The number of carbonyl (C=O) groups excluding carboxylic acids is 2. The van der Waals surface area contributed by atoms with Gasteiger partial charge in [-0.25, -0.2) is 4.79 Å². The fourth-order valence-corrected chi connectivity index (χ4v) is 3.78. The molecule has 0 radical (unpaired) electrons. The van der Waals surface area contributed by atoms with Crippen LogP contribution in [0.1, 0.15) is 25.0 Å². The van der Waals surface area contributed by atoms with Gasteiger partial charge in [-0.3, -0.25) is 0 Å². The molecular formula is C24H26N3O4+. The van der Waals surface area contributed by atoms with Crippen molar-refractivity contribution in [2.24, 2.45) is 5.92 Å². The number of anilines is 1. The normalized spacial score (nSPS) is 18.5. The molecule has 2 aromatic rings. The highest BCUT2D eigenvalue weighted by Crippen LogP contribution is 2.39. The Bertz CT molecular complexity index is 1120. The minimum atomic E-state index is -0.712. The van der Waals surface area contributed by atoms with E-state index in [1.54, 1.807) is 7.05 Å². The van der Waals surface area contributed by atoms with Gasteiger partial charge < -0.3 is 14.8 Å². The van der Waals surface area contributed by atoms with Gasteiger partial charge in [-0.15, -0.1) is 0 Å². The molecule has 4 rings (SSSR count). The highest BCUT2D eigenvalue weighted by atomic mass is 16.5. The number of aryl methyl sites for hydroxylation is 1. The summed E-state index contributed by atoms with van der Waals surface area (Å²) in [6.45, 7) is 5.93. The fourth-order valence-electron chi connectivity index (χ4n) is 3.78. The van der Waals surface area contributed by atoms with Crippen LogP contribution in [0.5, 0.6) is 5.75 Å². The van der Waals surface area contributed by atoms with E-state index in [1.165, 1.54) is 11.6 Å². The highest BCUT2D eigenvalue weighted by Gasteiger charge is 2.53. The van der Waals surface area contributed by atoms with E-state index in [0.29, 0.717) is 17.4 Å². The first-order valence-corrected chi connectivity index (χ1v) is 10.2. The van der Waals surface area contributed by atoms with Crippen molar-refractivity contribution in [1.29, 1.82) is 0 Å². The molecule has 7 nitrogen and oxygen atoms in total. The molecule has 0 fully saturated rings. The molecule has 2 aliphatic rings. The smallest absolute Gasteiger partial charge is 0.491 e. The van der Waals surface area contributed by atoms with Crippen molar-refractivity contribution in [2.45, 2.75) is 26.9 Å². The lowest BCUT2D eigenvalue weighted by Gasteiger charge is -2.20. The van der Waals surface area contributed by atoms with Crippen LogP contribution >= 0.6 is 0 Å². The van der Waals surface area contributed by atoms with Crippen LogP contribution in [-0.4, -0.2) is 47.5 Å². The minimum absolute atomic E-state index is 0.0614. The molecule has 0 saturated heterocycles. The number of urea groups is 1. The zero-order valence-corrected chi connectivity index (χ0v) is 18.3. The summed E-state index contributed by atoms with van der Waals surface area (Å²) in [5.74, 6) is 0.459. The van der Waals surface area contributed by atoms with Crippen molar-refractivity contribution < 1.29 is 23.6 Å². The van der Waals surface area contributed by atoms with Crippen molar-refractivity contribution in [2.75, 3.05) is 19.4 Å². The number of rotatable bonds is 5. The average molecular weight is 420 g/mol. The molecule has 2 aromatic carbocycles. The molecule has 1 unspecified atom stereocenters. The molecule has 2 aliphatic heterocycles. The van der Waals surface area contributed by atoms with E-state index in [-0.39, 0.29) is 12.0 Å². The number of carbonyl (C=O) groups is 2. The molecule has 2 heterocycles. The lowest BCUT2D eigenvalue weighted by molar-refractivity contribution is -0.415. The van der Waals surface area contributed by atoms with Crippen LogP contribution < -0.4 is 10.1 Å². The van der Waals surface area contributed by atoms with E-state index < -0.39 is 11.9 Å². The zero-order chi connectivity index (χ0) is 22.3. The molecule has 1 atom stereocenters. The topological polar surface area (TPSA) is 70.9 Å². The van der Waals surface area contributed by atoms with Crippen molar-refractivity contribution in [1.82, 2.24) is 4.90 Å². The molecule has 31 heavy (non-hydrogen) atoms. The van der Waals surface area contributed by atoms with E-state index in [9.17, 15) is 9.59 Å². The van der Waals surface area contributed by atoms with Gasteiger partial charge in [-0.1, -0.05) is 30.3 Å². The number of ether oxygens (including phenoxy) is 2. The highest BCUT2D eigenvalue weighted by molar-refractivity contribution is 6.18.